The number of aromatic amines is 1. The van der Waals surface area contributed by atoms with Crippen LogP contribution in [0, 0.1) is 11.3 Å². The zero-order chi connectivity index (χ0) is 10.8. The fourth-order valence-corrected chi connectivity index (χ4v) is 1.62. The van der Waals surface area contributed by atoms with Crippen LogP contribution in [0.2, 0.25) is 0 Å². The zero-order valence-electron chi connectivity index (χ0n) is 8.24. The third-order valence-electron chi connectivity index (χ3n) is 2.33. The number of nitrogens with one attached hydrogen (secondary N) is 1. The number of ketones is 1. The van der Waals surface area contributed by atoms with Crippen LogP contribution >= 0.6 is 0 Å². The molecule has 0 fully saturated rings. The van der Waals surface area contributed by atoms with E-state index < -0.39 is 0 Å². The minimum Gasteiger partial charge on any atom is -0.294 e. The van der Waals surface area contributed by atoms with Crippen molar-refractivity contribution < 1.29 is 9.78 Å². The standard InChI is InChI=1S/C12H8N2O/c1-8(15)10-5-4-9(7-13)12-11(10)3-2-6-14-12/h2-6H,1H3/p+1. The number of carbonyl (C=O) groups is 1. The first-order valence-corrected chi connectivity index (χ1v) is 4.58. The van der Waals surface area contributed by atoms with Crippen LogP contribution in [0.3, 0.4) is 0 Å². The van der Waals surface area contributed by atoms with E-state index in [2.05, 4.69) is 11.1 Å². The van der Waals surface area contributed by atoms with E-state index in [-0.39, 0.29) is 5.78 Å². The molecule has 0 saturated carbocycles. The molecule has 72 valence electrons. The molecule has 0 atom stereocenters. The molecular weight excluding hydrogens is 188 g/mol. The molecule has 2 aromatic rings. The molecule has 1 aromatic carbocycles. The Balaban J connectivity index is 2.91. The Labute approximate surface area is 87.0 Å². The highest BCUT2D eigenvalue weighted by Gasteiger charge is 2.12. The minimum absolute atomic E-state index is 0.00379. The SMILES string of the molecule is CC(=O)c1ccc(C#N)c2[nH+]cccc12. The van der Waals surface area contributed by atoms with Crippen molar-refractivity contribution in [3.8, 4) is 6.07 Å². The summed E-state index contributed by atoms with van der Waals surface area (Å²) in [6.07, 6.45) is 1.74. The molecule has 0 amide bonds. The fraction of sp³-hybridized carbons (Fsp3) is 0.0833. The average Bonchev–Trinajstić information content (AvgIpc) is 2.27. The molecule has 0 aliphatic carbocycles. The van der Waals surface area contributed by atoms with Gasteiger partial charge in [0.15, 0.2) is 12.0 Å². The van der Waals surface area contributed by atoms with Gasteiger partial charge in [-0.3, -0.25) is 4.79 Å². The average molecular weight is 197 g/mol. The molecule has 15 heavy (non-hydrogen) atoms. The number of rotatable bonds is 1. The fourth-order valence-electron chi connectivity index (χ4n) is 1.62. The summed E-state index contributed by atoms with van der Waals surface area (Å²) in [6.45, 7) is 1.52. The van der Waals surface area contributed by atoms with Crippen LogP contribution in [-0.4, -0.2) is 5.78 Å². The van der Waals surface area contributed by atoms with Crippen LogP contribution in [0.1, 0.15) is 22.8 Å². The highest BCUT2D eigenvalue weighted by Crippen LogP contribution is 2.18. The number of hydrogen-bond acceptors (Lipinski definition) is 2. The first-order chi connectivity index (χ1) is 7.24. The Morgan fingerprint density at radius 1 is 1.40 bits per heavy atom. The van der Waals surface area contributed by atoms with Crippen molar-refractivity contribution in [1.29, 1.82) is 5.26 Å². The van der Waals surface area contributed by atoms with Crippen molar-refractivity contribution in [2.24, 2.45) is 0 Å². The van der Waals surface area contributed by atoms with Gasteiger partial charge >= 0.3 is 0 Å². The van der Waals surface area contributed by atoms with E-state index in [9.17, 15) is 4.79 Å². The summed E-state index contributed by atoms with van der Waals surface area (Å²) in [4.78, 5) is 14.4. The lowest BCUT2D eigenvalue weighted by atomic mass is 10.0. The molecule has 0 spiro atoms. The molecule has 0 radical (unpaired) electrons. The van der Waals surface area contributed by atoms with Gasteiger partial charge in [0.05, 0.1) is 5.39 Å². The van der Waals surface area contributed by atoms with Gasteiger partial charge in [0.1, 0.15) is 11.6 Å². The summed E-state index contributed by atoms with van der Waals surface area (Å²) in [5.74, 6) is 0.00379. The molecule has 1 heterocycles. The predicted molar refractivity (Wildman–Crippen MR) is 55.2 cm³/mol. The van der Waals surface area contributed by atoms with E-state index >= 15 is 0 Å². The zero-order valence-corrected chi connectivity index (χ0v) is 8.24. The van der Waals surface area contributed by atoms with E-state index in [1.54, 1.807) is 18.3 Å². The maximum absolute atomic E-state index is 11.4. The van der Waals surface area contributed by atoms with E-state index in [4.69, 9.17) is 5.26 Å². The van der Waals surface area contributed by atoms with Gasteiger partial charge in [-0.05, 0) is 25.1 Å². The molecule has 2 rings (SSSR count). The minimum atomic E-state index is 0.00379. The van der Waals surface area contributed by atoms with Gasteiger partial charge < -0.3 is 0 Å². The second-order valence-electron chi connectivity index (χ2n) is 3.29. The van der Waals surface area contributed by atoms with Crippen LogP contribution in [0.5, 0.6) is 0 Å². The normalized spacial score (nSPS) is 9.87. The number of carbonyl (C=O) groups excluding carboxylic acids is 1. The number of fused-ring (bicyclic) bond motifs is 1. The van der Waals surface area contributed by atoms with Gasteiger partial charge in [0.25, 0.3) is 0 Å². The Morgan fingerprint density at radius 3 is 2.87 bits per heavy atom. The molecule has 3 heteroatoms. The smallest absolute Gasteiger partial charge is 0.229 e. The lowest BCUT2D eigenvalue weighted by Crippen LogP contribution is -2.06. The Bertz CT molecular complexity index is 582. The maximum atomic E-state index is 11.4. The van der Waals surface area contributed by atoms with Crippen LogP contribution < -0.4 is 4.98 Å². The van der Waals surface area contributed by atoms with E-state index in [1.165, 1.54) is 6.92 Å². The number of H-pyrrole nitrogens is 1. The number of Topliss-reactive ketones (excluding diaryl/α,β-unsaturated/α-hetero) is 1. The third-order valence-corrected chi connectivity index (χ3v) is 2.33. The summed E-state index contributed by atoms with van der Waals surface area (Å²) >= 11 is 0. The van der Waals surface area contributed by atoms with Gasteiger partial charge in [-0.2, -0.15) is 5.26 Å². The number of hydrogen-bond donors (Lipinski definition) is 0. The number of pyridine rings is 1. The van der Waals surface area contributed by atoms with E-state index in [1.807, 2.05) is 12.1 Å². The van der Waals surface area contributed by atoms with Crippen LogP contribution in [0.25, 0.3) is 10.9 Å². The number of nitrogens with zero attached hydrogens (tertiary/aromatic N) is 1. The van der Waals surface area contributed by atoms with E-state index in [0.717, 1.165) is 5.39 Å². The number of aromatic nitrogens is 1. The van der Waals surface area contributed by atoms with Crippen LogP contribution in [-0.2, 0) is 0 Å². The van der Waals surface area contributed by atoms with Gasteiger partial charge in [-0.15, -0.1) is 0 Å². The van der Waals surface area contributed by atoms with Crippen molar-refractivity contribution in [3.63, 3.8) is 0 Å². The monoisotopic (exact) mass is 197 g/mol. The highest BCUT2D eigenvalue weighted by atomic mass is 16.1. The molecule has 1 aromatic heterocycles. The summed E-state index contributed by atoms with van der Waals surface area (Å²) in [5.41, 5.74) is 1.91. The van der Waals surface area contributed by atoms with Crippen molar-refractivity contribution in [3.05, 3.63) is 41.6 Å². The molecule has 3 nitrogen and oxygen atoms in total. The largest absolute Gasteiger partial charge is 0.294 e. The summed E-state index contributed by atoms with van der Waals surface area (Å²) in [6, 6.07) is 9.10. The van der Waals surface area contributed by atoms with Crippen LogP contribution in [0.15, 0.2) is 30.5 Å². The van der Waals surface area contributed by atoms with Gasteiger partial charge in [0, 0.05) is 11.6 Å². The highest BCUT2D eigenvalue weighted by molar-refractivity contribution is 6.06. The molecule has 0 unspecified atom stereocenters. The molecule has 1 N–H and O–H groups in total. The molecule has 0 aliphatic heterocycles. The topological polar surface area (TPSA) is 55.0 Å². The van der Waals surface area contributed by atoms with Gasteiger partial charge in [-0.1, -0.05) is 0 Å². The Hall–Kier alpha value is -2.21. The van der Waals surface area contributed by atoms with Crippen molar-refractivity contribution in [2.75, 3.05) is 0 Å². The first kappa shape index (κ1) is 9.35. The van der Waals surface area contributed by atoms with Crippen molar-refractivity contribution in [2.45, 2.75) is 6.92 Å². The molecule has 0 saturated heterocycles. The number of benzene rings is 1. The Morgan fingerprint density at radius 2 is 2.20 bits per heavy atom. The Kier molecular flexibility index (Phi) is 2.18. The van der Waals surface area contributed by atoms with Crippen molar-refractivity contribution >= 4 is 16.7 Å². The summed E-state index contributed by atoms with van der Waals surface area (Å²) in [7, 11) is 0. The second-order valence-corrected chi connectivity index (χ2v) is 3.29. The van der Waals surface area contributed by atoms with Gasteiger partial charge in [0.2, 0.25) is 5.52 Å². The van der Waals surface area contributed by atoms with Crippen LogP contribution in [0.4, 0.5) is 0 Å². The summed E-state index contributed by atoms with van der Waals surface area (Å²) < 4.78 is 0. The summed E-state index contributed by atoms with van der Waals surface area (Å²) in [5, 5.41) is 9.71. The third kappa shape index (κ3) is 1.46. The lowest BCUT2D eigenvalue weighted by Gasteiger charge is -1.99. The number of nitriles is 1. The molecule has 0 aliphatic rings. The van der Waals surface area contributed by atoms with E-state index in [0.29, 0.717) is 16.6 Å². The van der Waals surface area contributed by atoms with Gasteiger partial charge in [-0.25, -0.2) is 4.98 Å². The molecular formula is C12H9N2O+. The quantitative estimate of drug-likeness (QED) is 0.653. The first-order valence-electron chi connectivity index (χ1n) is 4.58. The molecule has 0 bridgehead atoms. The maximum Gasteiger partial charge on any atom is 0.229 e. The predicted octanol–water partition coefficient (Wildman–Crippen LogP) is 1.73. The second kappa shape index (κ2) is 3.50. The van der Waals surface area contributed by atoms with Crippen molar-refractivity contribution in [1.82, 2.24) is 0 Å². The lowest BCUT2D eigenvalue weighted by molar-refractivity contribution is -0.344.